The number of benzene rings is 1. The molecule has 110 valence electrons. The Labute approximate surface area is 121 Å². The summed E-state index contributed by atoms with van der Waals surface area (Å²) >= 11 is 0. The van der Waals surface area contributed by atoms with Gasteiger partial charge in [-0.2, -0.15) is 0 Å². The summed E-state index contributed by atoms with van der Waals surface area (Å²) in [6.07, 6.45) is 3.48. The van der Waals surface area contributed by atoms with Gasteiger partial charge in [0, 0.05) is 37.4 Å². The molecule has 1 aliphatic rings. The van der Waals surface area contributed by atoms with E-state index in [-0.39, 0.29) is 5.91 Å². The number of carbonyl (C=O) groups is 1. The van der Waals surface area contributed by atoms with Crippen molar-refractivity contribution in [2.45, 2.75) is 32.2 Å². The second-order valence-electron chi connectivity index (χ2n) is 5.47. The highest BCUT2D eigenvalue weighted by atomic mass is 16.1. The van der Waals surface area contributed by atoms with Gasteiger partial charge in [0.2, 0.25) is 0 Å². The van der Waals surface area contributed by atoms with Gasteiger partial charge in [-0.15, -0.1) is 0 Å². The van der Waals surface area contributed by atoms with Gasteiger partial charge in [0.15, 0.2) is 0 Å². The van der Waals surface area contributed by atoms with E-state index in [1.165, 1.54) is 6.42 Å². The molecule has 0 saturated carbocycles. The number of amides is 1. The Morgan fingerprint density at radius 3 is 2.75 bits per heavy atom. The molecule has 1 heterocycles. The van der Waals surface area contributed by atoms with E-state index in [1.54, 1.807) is 0 Å². The summed E-state index contributed by atoms with van der Waals surface area (Å²) in [5.74, 6) is 0.0170. The van der Waals surface area contributed by atoms with Crippen LogP contribution in [0.25, 0.3) is 0 Å². The van der Waals surface area contributed by atoms with Crippen LogP contribution in [-0.4, -0.2) is 38.6 Å². The maximum Gasteiger partial charge on any atom is 0.251 e. The van der Waals surface area contributed by atoms with Crippen LogP contribution >= 0.6 is 0 Å². The molecule has 1 saturated heterocycles. The zero-order chi connectivity index (χ0) is 14.4. The van der Waals surface area contributed by atoms with E-state index in [2.05, 4.69) is 29.5 Å². The van der Waals surface area contributed by atoms with E-state index in [0.717, 1.165) is 43.7 Å². The largest absolute Gasteiger partial charge is 0.375 e. The monoisotopic (exact) mass is 275 g/mol. The van der Waals surface area contributed by atoms with Crippen LogP contribution in [0.2, 0.25) is 0 Å². The standard InChI is InChI=1S/C16H25N3O/c1-3-11-19(2)15-8-6-13(7-9-15)16(20)18-12-14-5-4-10-17-14/h6-9,14,17H,3-5,10-12H2,1-2H3,(H,18,20). The van der Waals surface area contributed by atoms with Gasteiger partial charge in [0.25, 0.3) is 5.91 Å². The Hall–Kier alpha value is -1.55. The zero-order valence-corrected chi connectivity index (χ0v) is 12.5. The van der Waals surface area contributed by atoms with Gasteiger partial charge in [-0.1, -0.05) is 6.92 Å². The first-order valence-electron chi connectivity index (χ1n) is 7.53. The van der Waals surface area contributed by atoms with E-state index < -0.39 is 0 Å². The predicted octanol–water partition coefficient (Wildman–Crippen LogP) is 2.01. The third-order valence-electron chi connectivity index (χ3n) is 3.80. The van der Waals surface area contributed by atoms with Gasteiger partial charge in [-0.3, -0.25) is 4.79 Å². The highest BCUT2D eigenvalue weighted by molar-refractivity contribution is 5.94. The second-order valence-corrected chi connectivity index (χ2v) is 5.47. The van der Waals surface area contributed by atoms with E-state index in [0.29, 0.717) is 6.04 Å². The molecule has 1 unspecified atom stereocenters. The molecule has 0 radical (unpaired) electrons. The minimum Gasteiger partial charge on any atom is -0.375 e. The quantitative estimate of drug-likeness (QED) is 0.835. The van der Waals surface area contributed by atoms with Crippen LogP contribution in [0.3, 0.4) is 0 Å². The van der Waals surface area contributed by atoms with Crippen molar-refractivity contribution in [3.63, 3.8) is 0 Å². The molecule has 1 aliphatic heterocycles. The first-order chi connectivity index (χ1) is 9.70. The molecular formula is C16H25N3O. The number of anilines is 1. The molecule has 0 bridgehead atoms. The van der Waals surface area contributed by atoms with Crippen molar-refractivity contribution < 1.29 is 4.79 Å². The summed E-state index contributed by atoms with van der Waals surface area (Å²) in [6.45, 7) is 4.98. The topological polar surface area (TPSA) is 44.4 Å². The fraction of sp³-hybridized carbons (Fsp3) is 0.562. The lowest BCUT2D eigenvalue weighted by molar-refractivity contribution is 0.0950. The summed E-state index contributed by atoms with van der Waals surface area (Å²) in [7, 11) is 2.07. The van der Waals surface area contributed by atoms with Gasteiger partial charge in [0.05, 0.1) is 0 Å². The van der Waals surface area contributed by atoms with E-state index in [9.17, 15) is 4.79 Å². The van der Waals surface area contributed by atoms with Gasteiger partial charge in [0.1, 0.15) is 0 Å². The van der Waals surface area contributed by atoms with Crippen LogP contribution in [0.4, 0.5) is 5.69 Å². The zero-order valence-electron chi connectivity index (χ0n) is 12.5. The van der Waals surface area contributed by atoms with E-state index >= 15 is 0 Å². The second kappa shape index (κ2) is 7.29. The summed E-state index contributed by atoms with van der Waals surface area (Å²) in [6, 6.07) is 8.27. The number of nitrogens with zero attached hydrogens (tertiary/aromatic N) is 1. The van der Waals surface area contributed by atoms with Crippen molar-refractivity contribution in [2.75, 3.05) is 31.6 Å². The fourth-order valence-electron chi connectivity index (χ4n) is 2.58. The van der Waals surface area contributed by atoms with Crippen molar-refractivity contribution in [3.8, 4) is 0 Å². The van der Waals surface area contributed by atoms with E-state index in [4.69, 9.17) is 0 Å². The Bertz CT molecular complexity index is 424. The smallest absolute Gasteiger partial charge is 0.251 e. The third kappa shape index (κ3) is 3.97. The lowest BCUT2D eigenvalue weighted by Crippen LogP contribution is -2.37. The number of rotatable bonds is 6. The molecular weight excluding hydrogens is 250 g/mol. The first-order valence-corrected chi connectivity index (χ1v) is 7.53. The van der Waals surface area contributed by atoms with Crippen LogP contribution in [0.5, 0.6) is 0 Å². The molecule has 0 aliphatic carbocycles. The number of carbonyl (C=O) groups excluding carboxylic acids is 1. The molecule has 2 N–H and O–H groups in total. The van der Waals surface area contributed by atoms with Crippen LogP contribution in [0.1, 0.15) is 36.5 Å². The maximum atomic E-state index is 12.1. The van der Waals surface area contributed by atoms with Gasteiger partial charge < -0.3 is 15.5 Å². The molecule has 0 spiro atoms. The molecule has 4 nitrogen and oxygen atoms in total. The molecule has 2 rings (SSSR count). The predicted molar refractivity (Wildman–Crippen MR) is 83.4 cm³/mol. The minimum atomic E-state index is 0.0170. The number of hydrogen-bond donors (Lipinski definition) is 2. The van der Waals surface area contributed by atoms with Gasteiger partial charge in [-0.25, -0.2) is 0 Å². The normalized spacial score (nSPS) is 18.0. The lowest BCUT2D eigenvalue weighted by atomic mass is 10.1. The van der Waals surface area contributed by atoms with Crippen molar-refractivity contribution >= 4 is 11.6 Å². The molecule has 1 aromatic rings. The molecule has 1 aromatic carbocycles. The van der Waals surface area contributed by atoms with Gasteiger partial charge in [-0.05, 0) is 50.1 Å². The lowest BCUT2D eigenvalue weighted by Gasteiger charge is -2.18. The molecule has 1 atom stereocenters. The molecule has 1 fully saturated rings. The third-order valence-corrected chi connectivity index (χ3v) is 3.80. The van der Waals surface area contributed by atoms with Crippen LogP contribution in [0, 0.1) is 0 Å². The maximum absolute atomic E-state index is 12.1. The van der Waals surface area contributed by atoms with Gasteiger partial charge >= 0.3 is 0 Å². The average Bonchev–Trinajstić information content (AvgIpc) is 2.98. The van der Waals surface area contributed by atoms with Crippen LogP contribution in [0.15, 0.2) is 24.3 Å². The Morgan fingerprint density at radius 2 is 2.15 bits per heavy atom. The Kier molecular flexibility index (Phi) is 5.41. The molecule has 0 aromatic heterocycles. The number of hydrogen-bond acceptors (Lipinski definition) is 3. The summed E-state index contributed by atoms with van der Waals surface area (Å²) in [4.78, 5) is 14.3. The summed E-state index contributed by atoms with van der Waals surface area (Å²) in [5, 5.41) is 6.38. The Morgan fingerprint density at radius 1 is 1.40 bits per heavy atom. The van der Waals surface area contributed by atoms with Crippen molar-refractivity contribution in [2.24, 2.45) is 0 Å². The van der Waals surface area contributed by atoms with Crippen molar-refractivity contribution in [1.82, 2.24) is 10.6 Å². The summed E-state index contributed by atoms with van der Waals surface area (Å²) in [5.41, 5.74) is 1.89. The molecule has 4 heteroatoms. The Balaban J connectivity index is 1.86. The highest BCUT2D eigenvalue weighted by Gasteiger charge is 2.15. The van der Waals surface area contributed by atoms with E-state index in [1.807, 2.05) is 24.3 Å². The first kappa shape index (κ1) is 14.9. The van der Waals surface area contributed by atoms with Crippen molar-refractivity contribution in [1.29, 1.82) is 0 Å². The SMILES string of the molecule is CCCN(C)c1ccc(C(=O)NCC2CCCN2)cc1. The van der Waals surface area contributed by atoms with Crippen molar-refractivity contribution in [3.05, 3.63) is 29.8 Å². The summed E-state index contributed by atoms with van der Waals surface area (Å²) < 4.78 is 0. The van der Waals surface area contributed by atoms with Crippen LogP contribution < -0.4 is 15.5 Å². The van der Waals surface area contributed by atoms with Crippen LogP contribution in [-0.2, 0) is 0 Å². The highest BCUT2D eigenvalue weighted by Crippen LogP contribution is 2.14. The molecule has 1 amide bonds. The fourth-order valence-corrected chi connectivity index (χ4v) is 2.58. The molecule has 20 heavy (non-hydrogen) atoms. The number of nitrogens with one attached hydrogen (secondary N) is 2. The average molecular weight is 275 g/mol. The minimum absolute atomic E-state index is 0.0170.